The highest BCUT2D eigenvalue weighted by Gasteiger charge is 2.16. The summed E-state index contributed by atoms with van der Waals surface area (Å²) >= 11 is 0. The number of anilines is 1. The van der Waals surface area contributed by atoms with Crippen molar-refractivity contribution < 1.29 is 13.5 Å². The predicted molar refractivity (Wildman–Crippen MR) is 90.5 cm³/mol. The molecule has 0 aliphatic rings. The maximum atomic E-state index is 14.3. The third-order valence-corrected chi connectivity index (χ3v) is 3.92. The van der Waals surface area contributed by atoms with Crippen LogP contribution in [0.1, 0.15) is 24.7 Å². The molecule has 3 rings (SSSR count). The first-order valence-corrected chi connectivity index (χ1v) is 7.98. The summed E-state index contributed by atoms with van der Waals surface area (Å²) in [5.41, 5.74) is 0.569. The normalized spacial score (nSPS) is 11.1. The van der Waals surface area contributed by atoms with Crippen molar-refractivity contribution in [3.05, 3.63) is 41.4 Å². The second-order valence-electron chi connectivity index (χ2n) is 5.64. The van der Waals surface area contributed by atoms with Gasteiger partial charge in [0, 0.05) is 25.6 Å². The Morgan fingerprint density at radius 1 is 1.24 bits per heavy atom. The Balaban J connectivity index is 1.96. The zero-order valence-electron chi connectivity index (χ0n) is 14.3. The van der Waals surface area contributed by atoms with Crippen LogP contribution in [0.15, 0.2) is 18.3 Å². The molecular formula is C17H19F2N5O. The molecule has 0 radical (unpaired) electrons. The first kappa shape index (κ1) is 17.1. The highest BCUT2D eigenvalue weighted by molar-refractivity contribution is 5.86. The molecule has 6 nitrogen and oxygen atoms in total. The van der Waals surface area contributed by atoms with E-state index in [1.807, 2.05) is 6.92 Å². The molecule has 0 atom stereocenters. The monoisotopic (exact) mass is 347 g/mol. The first-order chi connectivity index (χ1) is 12.0. The lowest BCUT2D eigenvalue weighted by Crippen LogP contribution is -2.09. The molecule has 0 saturated heterocycles. The van der Waals surface area contributed by atoms with Crippen molar-refractivity contribution in [2.45, 2.75) is 26.3 Å². The van der Waals surface area contributed by atoms with Crippen molar-refractivity contribution in [2.24, 2.45) is 7.05 Å². The minimum Gasteiger partial charge on any atom is -0.494 e. The molecule has 0 aliphatic heterocycles. The molecule has 0 bridgehead atoms. The summed E-state index contributed by atoms with van der Waals surface area (Å²) in [6, 6.07) is 2.44. The molecule has 25 heavy (non-hydrogen) atoms. The summed E-state index contributed by atoms with van der Waals surface area (Å²) in [7, 11) is 3.13. The van der Waals surface area contributed by atoms with E-state index in [0.29, 0.717) is 29.1 Å². The van der Waals surface area contributed by atoms with Gasteiger partial charge in [0.05, 0.1) is 18.7 Å². The van der Waals surface area contributed by atoms with Gasteiger partial charge in [-0.05, 0) is 18.6 Å². The van der Waals surface area contributed by atoms with Gasteiger partial charge in [0.25, 0.3) is 0 Å². The topological polar surface area (TPSA) is 64.9 Å². The van der Waals surface area contributed by atoms with Crippen molar-refractivity contribution in [1.29, 1.82) is 0 Å². The van der Waals surface area contributed by atoms with Crippen molar-refractivity contribution in [3.8, 4) is 5.75 Å². The number of ether oxygens (including phenoxy) is 1. The quantitative estimate of drug-likeness (QED) is 0.742. The fourth-order valence-electron chi connectivity index (χ4n) is 2.61. The van der Waals surface area contributed by atoms with Crippen LogP contribution in [-0.2, 0) is 20.0 Å². The van der Waals surface area contributed by atoms with Crippen molar-refractivity contribution in [1.82, 2.24) is 19.7 Å². The second-order valence-corrected chi connectivity index (χ2v) is 5.64. The lowest BCUT2D eigenvalue weighted by molar-refractivity contribution is 0.381. The molecule has 2 heterocycles. The van der Waals surface area contributed by atoms with Gasteiger partial charge in [0.1, 0.15) is 17.5 Å². The Kier molecular flexibility index (Phi) is 4.78. The molecule has 3 aromatic rings. The van der Waals surface area contributed by atoms with Gasteiger partial charge in [0.2, 0.25) is 0 Å². The SMILES string of the molecule is CCCc1nc(NCc2c(F)ccc(OC)c2F)c2cnn(C)c2n1. The summed E-state index contributed by atoms with van der Waals surface area (Å²) in [6.07, 6.45) is 3.23. The summed E-state index contributed by atoms with van der Waals surface area (Å²) in [5, 5.41) is 7.89. The molecule has 2 aromatic heterocycles. The molecule has 0 fully saturated rings. The van der Waals surface area contributed by atoms with E-state index < -0.39 is 11.6 Å². The van der Waals surface area contributed by atoms with Gasteiger partial charge in [0.15, 0.2) is 17.2 Å². The van der Waals surface area contributed by atoms with Crippen LogP contribution in [0, 0.1) is 11.6 Å². The van der Waals surface area contributed by atoms with E-state index in [9.17, 15) is 8.78 Å². The Morgan fingerprint density at radius 3 is 2.76 bits per heavy atom. The van der Waals surface area contributed by atoms with Crippen molar-refractivity contribution >= 4 is 16.9 Å². The number of rotatable bonds is 6. The molecule has 0 amide bonds. The van der Waals surface area contributed by atoms with Gasteiger partial charge < -0.3 is 10.1 Å². The second kappa shape index (κ2) is 7.00. The summed E-state index contributed by atoms with van der Waals surface area (Å²) in [5.74, 6) is -0.203. The van der Waals surface area contributed by atoms with E-state index in [4.69, 9.17) is 4.74 Å². The molecular weight excluding hydrogens is 328 g/mol. The van der Waals surface area contributed by atoms with Crippen LogP contribution in [0.5, 0.6) is 5.75 Å². The van der Waals surface area contributed by atoms with E-state index in [2.05, 4.69) is 20.4 Å². The number of aryl methyl sites for hydroxylation is 2. The van der Waals surface area contributed by atoms with Crippen LogP contribution in [0.4, 0.5) is 14.6 Å². The number of fused-ring (bicyclic) bond motifs is 1. The number of benzene rings is 1. The van der Waals surface area contributed by atoms with Gasteiger partial charge >= 0.3 is 0 Å². The minimum absolute atomic E-state index is 0.000848. The number of nitrogens with one attached hydrogen (secondary N) is 1. The number of hydrogen-bond acceptors (Lipinski definition) is 5. The summed E-state index contributed by atoms with van der Waals surface area (Å²) in [6.45, 7) is 1.96. The number of hydrogen-bond donors (Lipinski definition) is 1. The summed E-state index contributed by atoms with van der Waals surface area (Å²) < 4.78 is 34.9. The van der Waals surface area contributed by atoms with Gasteiger partial charge in [-0.1, -0.05) is 6.92 Å². The Labute approximate surface area is 143 Å². The van der Waals surface area contributed by atoms with Gasteiger partial charge in [-0.15, -0.1) is 0 Å². The predicted octanol–water partition coefficient (Wildman–Crippen LogP) is 3.21. The van der Waals surface area contributed by atoms with Crippen LogP contribution >= 0.6 is 0 Å². The summed E-state index contributed by atoms with van der Waals surface area (Å²) in [4.78, 5) is 8.95. The first-order valence-electron chi connectivity index (χ1n) is 7.98. The van der Waals surface area contributed by atoms with Crippen LogP contribution in [0.25, 0.3) is 11.0 Å². The lowest BCUT2D eigenvalue weighted by atomic mass is 10.1. The zero-order valence-corrected chi connectivity index (χ0v) is 14.3. The Bertz CT molecular complexity index is 910. The zero-order chi connectivity index (χ0) is 18.0. The van der Waals surface area contributed by atoms with E-state index in [-0.39, 0.29) is 17.9 Å². The molecule has 0 saturated carbocycles. The molecule has 0 unspecified atom stereocenters. The van der Waals surface area contributed by atoms with Crippen LogP contribution in [-0.4, -0.2) is 26.9 Å². The number of nitrogens with zero attached hydrogens (tertiary/aromatic N) is 4. The number of halogens is 2. The lowest BCUT2D eigenvalue weighted by Gasteiger charge is -2.12. The number of methoxy groups -OCH3 is 1. The largest absolute Gasteiger partial charge is 0.494 e. The average molecular weight is 347 g/mol. The third-order valence-electron chi connectivity index (χ3n) is 3.92. The third kappa shape index (κ3) is 3.24. The molecule has 132 valence electrons. The van der Waals surface area contributed by atoms with Crippen molar-refractivity contribution in [2.75, 3.05) is 12.4 Å². The van der Waals surface area contributed by atoms with Crippen LogP contribution in [0.2, 0.25) is 0 Å². The van der Waals surface area contributed by atoms with E-state index in [1.165, 1.54) is 19.2 Å². The van der Waals surface area contributed by atoms with E-state index in [0.717, 1.165) is 6.42 Å². The maximum absolute atomic E-state index is 14.3. The Morgan fingerprint density at radius 2 is 2.04 bits per heavy atom. The smallest absolute Gasteiger partial charge is 0.172 e. The molecule has 8 heteroatoms. The highest BCUT2D eigenvalue weighted by Crippen LogP contribution is 2.25. The standard InChI is InChI=1S/C17H19F2N5O/c1-4-5-14-22-16(11-9-21-24(2)17(11)23-14)20-8-10-12(18)6-7-13(25-3)15(10)19/h6-7,9H,4-5,8H2,1-3H3,(H,20,22,23). The minimum atomic E-state index is -0.722. The Hall–Kier alpha value is -2.77. The molecule has 1 aromatic carbocycles. The average Bonchev–Trinajstić information content (AvgIpc) is 2.96. The van der Waals surface area contributed by atoms with Crippen LogP contribution in [0.3, 0.4) is 0 Å². The van der Waals surface area contributed by atoms with Crippen molar-refractivity contribution in [3.63, 3.8) is 0 Å². The number of aromatic nitrogens is 4. The fourth-order valence-corrected chi connectivity index (χ4v) is 2.61. The van der Waals surface area contributed by atoms with Gasteiger partial charge in [-0.3, -0.25) is 4.68 Å². The van der Waals surface area contributed by atoms with E-state index in [1.54, 1.807) is 17.9 Å². The van der Waals surface area contributed by atoms with E-state index >= 15 is 0 Å². The molecule has 0 aliphatic carbocycles. The highest BCUT2D eigenvalue weighted by atomic mass is 19.1. The van der Waals surface area contributed by atoms with Gasteiger partial charge in [-0.25, -0.2) is 18.7 Å². The van der Waals surface area contributed by atoms with Gasteiger partial charge in [-0.2, -0.15) is 5.10 Å². The maximum Gasteiger partial charge on any atom is 0.172 e. The molecule has 1 N–H and O–H groups in total. The molecule has 0 spiro atoms. The van der Waals surface area contributed by atoms with Crippen LogP contribution < -0.4 is 10.1 Å². The fraction of sp³-hybridized carbons (Fsp3) is 0.353.